The lowest BCUT2D eigenvalue weighted by atomic mass is 10.3. The van der Waals surface area contributed by atoms with Crippen LogP contribution in [0.5, 0.6) is 0 Å². The summed E-state index contributed by atoms with van der Waals surface area (Å²) in [5.41, 5.74) is 1.30. The molecule has 23 heavy (non-hydrogen) atoms. The summed E-state index contributed by atoms with van der Waals surface area (Å²) in [6, 6.07) is 11.6. The van der Waals surface area contributed by atoms with Crippen molar-refractivity contribution in [3.8, 4) is 0 Å². The van der Waals surface area contributed by atoms with E-state index in [-0.39, 0.29) is 19.0 Å². The number of imide groups is 1. The average Bonchev–Trinajstić information content (AvgIpc) is 2.50. The number of oxime groups is 1. The van der Waals surface area contributed by atoms with Crippen LogP contribution in [0.3, 0.4) is 0 Å². The molecule has 3 amide bonds. The third-order valence-corrected chi connectivity index (χ3v) is 2.73. The third-order valence-electron chi connectivity index (χ3n) is 2.73. The van der Waals surface area contributed by atoms with Gasteiger partial charge in [-0.15, -0.1) is 0 Å². The van der Waals surface area contributed by atoms with Crippen molar-refractivity contribution in [2.24, 2.45) is 5.16 Å². The highest BCUT2D eigenvalue weighted by atomic mass is 35.5. The van der Waals surface area contributed by atoms with E-state index in [0.29, 0.717) is 11.3 Å². The molecular formula is C15H15ClN4O3. The quantitative estimate of drug-likeness (QED) is 0.265. The van der Waals surface area contributed by atoms with Gasteiger partial charge in [-0.3, -0.25) is 10.1 Å². The Morgan fingerprint density at radius 1 is 1.13 bits per heavy atom. The molecule has 2 rings (SSSR count). The summed E-state index contributed by atoms with van der Waals surface area (Å²) in [5.74, 6) is -0.443. The van der Waals surface area contributed by atoms with Gasteiger partial charge < -0.3 is 22.9 Å². The van der Waals surface area contributed by atoms with Crippen LogP contribution in [0.1, 0.15) is 5.56 Å². The zero-order valence-corrected chi connectivity index (χ0v) is 12.8. The minimum absolute atomic E-state index is 0. The Hall–Kier alpha value is -2.93. The fourth-order valence-electron chi connectivity index (χ4n) is 1.74. The van der Waals surface area contributed by atoms with Crippen molar-refractivity contribution in [1.29, 1.82) is 0 Å². The number of carbonyl (C=O) groups excluding carboxylic acids is 2. The van der Waals surface area contributed by atoms with E-state index in [1.165, 1.54) is 6.21 Å². The molecule has 2 aromatic rings. The summed E-state index contributed by atoms with van der Waals surface area (Å²) in [4.78, 5) is 23.4. The van der Waals surface area contributed by atoms with Gasteiger partial charge in [-0.25, -0.2) is 4.79 Å². The summed E-state index contributed by atoms with van der Waals surface area (Å²) >= 11 is 0. The number of rotatable bonds is 4. The minimum Gasteiger partial charge on any atom is -1.00 e. The second-order valence-electron chi connectivity index (χ2n) is 4.42. The average molecular weight is 335 g/mol. The largest absolute Gasteiger partial charge is 1.00 e. The van der Waals surface area contributed by atoms with Gasteiger partial charge in [0.05, 0.1) is 6.21 Å². The molecule has 3 N–H and O–H groups in total. The van der Waals surface area contributed by atoms with Crippen molar-refractivity contribution in [2.75, 3.05) is 5.32 Å². The van der Waals surface area contributed by atoms with Crippen molar-refractivity contribution in [3.63, 3.8) is 0 Å². The molecule has 0 radical (unpaired) electrons. The van der Waals surface area contributed by atoms with Crippen molar-refractivity contribution < 1.29 is 31.8 Å². The number of amides is 3. The molecule has 0 saturated heterocycles. The van der Waals surface area contributed by atoms with Crippen LogP contribution in [0.4, 0.5) is 10.5 Å². The van der Waals surface area contributed by atoms with Gasteiger partial charge in [0.2, 0.25) is 6.54 Å². The van der Waals surface area contributed by atoms with Gasteiger partial charge in [0.1, 0.15) is 0 Å². The number of hydrogen-bond acceptors (Lipinski definition) is 4. The molecule has 120 valence electrons. The van der Waals surface area contributed by atoms with Gasteiger partial charge in [0.25, 0.3) is 5.91 Å². The van der Waals surface area contributed by atoms with Crippen LogP contribution in [-0.4, -0.2) is 23.4 Å². The second-order valence-corrected chi connectivity index (χ2v) is 4.42. The van der Waals surface area contributed by atoms with E-state index in [1.807, 2.05) is 6.07 Å². The molecular weight excluding hydrogens is 320 g/mol. The van der Waals surface area contributed by atoms with Crippen LogP contribution in [0.25, 0.3) is 0 Å². The van der Waals surface area contributed by atoms with E-state index in [9.17, 15) is 9.59 Å². The summed E-state index contributed by atoms with van der Waals surface area (Å²) < 4.78 is 1.60. The molecule has 8 heteroatoms. The van der Waals surface area contributed by atoms with Gasteiger partial charge in [-0.2, -0.15) is 4.57 Å². The number of pyridine rings is 1. The summed E-state index contributed by atoms with van der Waals surface area (Å²) in [7, 11) is 0. The van der Waals surface area contributed by atoms with Crippen LogP contribution in [0, 0.1) is 0 Å². The molecule has 0 aliphatic heterocycles. The molecule has 0 atom stereocenters. The van der Waals surface area contributed by atoms with Crippen LogP contribution < -0.4 is 27.6 Å². The fourth-order valence-corrected chi connectivity index (χ4v) is 1.74. The number of para-hydroxylation sites is 1. The monoisotopic (exact) mass is 334 g/mol. The molecule has 7 nitrogen and oxygen atoms in total. The normalized spacial score (nSPS) is 9.91. The second kappa shape index (κ2) is 9.16. The van der Waals surface area contributed by atoms with Crippen molar-refractivity contribution in [2.45, 2.75) is 6.54 Å². The summed E-state index contributed by atoms with van der Waals surface area (Å²) in [6.07, 6.45) is 4.56. The van der Waals surface area contributed by atoms with E-state index in [1.54, 1.807) is 53.4 Å². The van der Waals surface area contributed by atoms with Crippen molar-refractivity contribution >= 4 is 23.8 Å². The Labute approximate surface area is 139 Å². The summed E-state index contributed by atoms with van der Waals surface area (Å²) in [5, 5.41) is 16.1. The Kier molecular flexibility index (Phi) is 7.22. The van der Waals surface area contributed by atoms with E-state index in [2.05, 4.69) is 15.8 Å². The Balaban J connectivity index is 0.00000264. The molecule has 0 saturated carbocycles. The van der Waals surface area contributed by atoms with Crippen LogP contribution in [0.15, 0.2) is 60.0 Å². The molecule has 1 aromatic heterocycles. The van der Waals surface area contributed by atoms with E-state index < -0.39 is 11.9 Å². The maximum absolute atomic E-state index is 11.8. The zero-order chi connectivity index (χ0) is 15.8. The number of carbonyl (C=O) groups is 2. The van der Waals surface area contributed by atoms with Crippen LogP contribution >= 0.6 is 0 Å². The molecule has 0 aliphatic rings. The van der Waals surface area contributed by atoms with Crippen LogP contribution in [0.2, 0.25) is 0 Å². The highest BCUT2D eigenvalue weighted by Gasteiger charge is 2.12. The van der Waals surface area contributed by atoms with Gasteiger partial charge in [0, 0.05) is 23.4 Å². The SMILES string of the molecule is O=C(C[n+]1ccc(/C=N/O)cc1)NC(=O)Nc1ccccc1.[Cl-]. The molecule has 1 heterocycles. The Bertz CT molecular complexity index is 675. The molecule has 0 fully saturated rings. The highest BCUT2D eigenvalue weighted by molar-refractivity contribution is 6.00. The smallest absolute Gasteiger partial charge is 0.326 e. The molecule has 0 aliphatic carbocycles. The predicted molar refractivity (Wildman–Crippen MR) is 79.6 cm³/mol. The molecule has 0 bridgehead atoms. The third kappa shape index (κ3) is 6.15. The first kappa shape index (κ1) is 18.1. The fraction of sp³-hybridized carbons (Fsp3) is 0.0667. The number of anilines is 1. The topological polar surface area (TPSA) is 94.7 Å². The van der Waals surface area contributed by atoms with Crippen molar-refractivity contribution in [3.05, 3.63) is 60.4 Å². The highest BCUT2D eigenvalue weighted by Crippen LogP contribution is 2.03. The molecule has 0 unspecified atom stereocenters. The number of halogens is 1. The van der Waals surface area contributed by atoms with E-state index in [4.69, 9.17) is 5.21 Å². The lowest BCUT2D eigenvalue weighted by molar-refractivity contribution is -0.684. The maximum Gasteiger partial charge on any atom is 0.326 e. The number of hydrogen-bond donors (Lipinski definition) is 3. The number of nitrogens with zero attached hydrogens (tertiary/aromatic N) is 2. The van der Waals surface area contributed by atoms with E-state index in [0.717, 1.165) is 0 Å². The molecule has 0 spiro atoms. The number of benzene rings is 1. The first-order valence-electron chi connectivity index (χ1n) is 6.50. The van der Waals surface area contributed by atoms with Gasteiger partial charge in [-0.1, -0.05) is 23.4 Å². The number of urea groups is 1. The van der Waals surface area contributed by atoms with Gasteiger partial charge >= 0.3 is 6.03 Å². The number of nitrogens with one attached hydrogen (secondary N) is 2. The Morgan fingerprint density at radius 3 is 2.39 bits per heavy atom. The number of aromatic nitrogens is 1. The maximum atomic E-state index is 11.8. The minimum atomic E-state index is -0.583. The van der Waals surface area contributed by atoms with Gasteiger partial charge in [0.15, 0.2) is 12.4 Å². The zero-order valence-electron chi connectivity index (χ0n) is 12.0. The first-order chi connectivity index (χ1) is 10.7. The summed E-state index contributed by atoms with van der Waals surface area (Å²) in [6.45, 7) is -0.00123. The lowest BCUT2D eigenvalue weighted by Crippen LogP contribution is -3.00. The molecule has 1 aromatic carbocycles. The standard InChI is InChI=1S/C15H14N4O3.ClH/c20-14(11-19-8-6-12(7-9-19)10-16-22)18-15(21)17-13-4-2-1-3-5-13;/h1-10H,11H2,(H2,17,18,20,21);1H. The van der Waals surface area contributed by atoms with Crippen LogP contribution in [-0.2, 0) is 11.3 Å². The Morgan fingerprint density at radius 2 is 1.78 bits per heavy atom. The predicted octanol–water partition coefficient (Wildman–Crippen LogP) is -1.87. The van der Waals surface area contributed by atoms with Gasteiger partial charge in [-0.05, 0) is 12.1 Å². The van der Waals surface area contributed by atoms with Crippen molar-refractivity contribution in [1.82, 2.24) is 5.32 Å². The lowest BCUT2D eigenvalue weighted by Gasteiger charge is -2.05. The van der Waals surface area contributed by atoms with E-state index >= 15 is 0 Å². The first-order valence-corrected chi connectivity index (χ1v) is 6.50.